The summed E-state index contributed by atoms with van der Waals surface area (Å²) in [6, 6.07) is 0. The maximum atomic E-state index is 11.7. The molecule has 0 heterocycles. The van der Waals surface area contributed by atoms with E-state index in [-0.39, 0.29) is 18.8 Å². The van der Waals surface area contributed by atoms with Crippen LogP contribution in [0.2, 0.25) is 0 Å². The molecule has 2 atom stereocenters. The van der Waals surface area contributed by atoms with Crippen LogP contribution in [0, 0.1) is 5.92 Å². The summed E-state index contributed by atoms with van der Waals surface area (Å²) in [5, 5.41) is 0. The Morgan fingerprint density at radius 2 is 2.00 bits per heavy atom. The minimum atomic E-state index is -4.29. The Kier molecular flexibility index (Phi) is 4.82. The van der Waals surface area contributed by atoms with Gasteiger partial charge in [-0.1, -0.05) is 6.42 Å². The second-order valence-electron chi connectivity index (χ2n) is 3.71. The van der Waals surface area contributed by atoms with Gasteiger partial charge in [0.15, 0.2) is 0 Å². The highest BCUT2D eigenvalue weighted by molar-refractivity contribution is 4.78. The quantitative estimate of drug-likeness (QED) is 0.574. The molecule has 15 heavy (non-hydrogen) atoms. The smallest absolute Gasteiger partial charge is 0.352 e. The number of nitrogens with two attached hydrogens (primary N) is 1. The lowest BCUT2D eigenvalue weighted by Gasteiger charge is -2.18. The van der Waals surface area contributed by atoms with E-state index in [1.165, 1.54) is 0 Å². The maximum Gasteiger partial charge on any atom is 0.411 e. The van der Waals surface area contributed by atoms with Gasteiger partial charge in [0.1, 0.15) is 13.4 Å². The minimum absolute atomic E-state index is 0.0387. The second-order valence-corrected chi connectivity index (χ2v) is 3.71. The molecule has 0 aromatic heterocycles. The predicted molar refractivity (Wildman–Crippen MR) is 48.1 cm³/mol. The van der Waals surface area contributed by atoms with Gasteiger partial charge in [0, 0.05) is 0 Å². The average Bonchev–Trinajstić information content (AvgIpc) is 2.58. The zero-order chi connectivity index (χ0) is 11.3. The van der Waals surface area contributed by atoms with E-state index in [1.807, 2.05) is 0 Å². The van der Waals surface area contributed by atoms with Crippen LogP contribution in [-0.2, 0) is 9.47 Å². The zero-order valence-electron chi connectivity index (χ0n) is 8.43. The fourth-order valence-electron chi connectivity index (χ4n) is 1.78. The standard InChI is InChI=1S/C9H16F3NO2/c10-9(11,12)5-14-6-15-8-3-1-2-7(8)4-13/h7-8H,1-6,13H2. The van der Waals surface area contributed by atoms with Crippen molar-refractivity contribution in [1.29, 1.82) is 0 Å². The first-order valence-electron chi connectivity index (χ1n) is 4.99. The molecule has 2 unspecified atom stereocenters. The molecule has 1 rings (SSSR count). The van der Waals surface area contributed by atoms with Crippen LogP contribution in [0.5, 0.6) is 0 Å². The third kappa shape index (κ3) is 4.81. The van der Waals surface area contributed by atoms with Gasteiger partial charge in [-0.3, -0.25) is 0 Å². The lowest BCUT2D eigenvalue weighted by molar-refractivity contribution is -0.204. The summed E-state index contributed by atoms with van der Waals surface area (Å²) in [5.74, 6) is 0.263. The molecule has 0 spiro atoms. The van der Waals surface area contributed by atoms with E-state index in [2.05, 4.69) is 4.74 Å². The van der Waals surface area contributed by atoms with E-state index in [1.54, 1.807) is 0 Å². The third-order valence-electron chi connectivity index (χ3n) is 2.52. The van der Waals surface area contributed by atoms with E-state index in [0.29, 0.717) is 6.54 Å². The molecule has 1 aliphatic rings. The Hall–Kier alpha value is -0.330. The van der Waals surface area contributed by atoms with E-state index < -0.39 is 12.8 Å². The molecule has 1 aliphatic carbocycles. The fraction of sp³-hybridized carbons (Fsp3) is 1.00. The minimum Gasteiger partial charge on any atom is -0.352 e. The van der Waals surface area contributed by atoms with Gasteiger partial charge in [0.2, 0.25) is 0 Å². The van der Waals surface area contributed by atoms with Crippen LogP contribution in [0.15, 0.2) is 0 Å². The molecule has 0 aromatic rings. The second kappa shape index (κ2) is 5.67. The maximum absolute atomic E-state index is 11.7. The molecule has 0 radical (unpaired) electrons. The molecule has 90 valence electrons. The summed E-state index contributed by atoms with van der Waals surface area (Å²) >= 11 is 0. The van der Waals surface area contributed by atoms with E-state index >= 15 is 0 Å². The summed E-state index contributed by atoms with van der Waals surface area (Å²) in [7, 11) is 0. The highest BCUT2D eigenvalue weighted by Crippen LogP contribution is 2.27. The molecule has 0 aromatic carbocycles. The van der Waals surface area contributed by atoms with Crippen LogP contribution in [0.4, 0.5) is 13.2 Å². The molecule has 0 aliphatic heterocycles. The van der Waals surface area contributed by atoms with Gasteiger partial charge in [-0.05, 0) is 25.3 Å². The summed E-state index contributed by atoms with van der Waals surface area (Å²) in [6.45, 7) is -1.04. The number of ether oxygens (including phenoxy) is 2. The summed E-state index contributed by atoms with van der Waals surface area (Å²) in [4.78, 5) is 0. The molecule has 6 heteroatoms. The van der Waals surface area contributed by atoms with Crippen molar-refractivity contribution in [3.63, 3.8) is 0 Å². The molecule has 2 N–H and O–H groups in total. The first-order chi connectivity index (χ1) is 7.03. The Balaban J connectivity index is 2.09. The Labute approximate surface area is 86.7 Å². The van der Waals surface area contributed by atoms with Crippen molar-refractivity contribution in [3.05, 3.63) is 0 Å². The topological polar surface area (TPSA) is 44.5 Å². The highest BCUT2D eigenvalue weighted by atomic mass is 19.4. The zero-order valence-corrected chi connectivity index (χ0v) is 8.43. The third-order valence-corrected chi connectivity index (χ3v) is 2.52. The number of rotatable bonds is 5. The van der Waals surface area contributed by atoms with Crippen LogP contribution >= 0.6 is 0 Å². The summed E-state index contributed by atoms with van der Waals surface area (Å²) in [5.41, 5.74) is 5.50. The lowest BCUT2D eigenvalue weighted by Crippen LogP contribution is -2.27. The lowest BCUT2D eigenvalue weighted by atomic mass is 10.1. The molecular weight excluding hydrogens is 211 g/mol. The van der Waals surface area contributed by atoms with E-state index in [4.69, 9.17) is 10.5 Å². The van der Waals surface area contributed by atoms with Gasteiger partial charge in [-0.2, -0.15) is 13.2 Å². The molecule has 0 saturated heterocycles. The number of hydrogen-bond acceptors (Lipinski definition) is 3. The van der Waals surface area contributed by atoms with Crippen LogP contribution in [0.25, 0.3) is 0 Å². The van der Waals surface area contributed by atoms with Gasteiger partial charge in [0.25, 0.3) is 0 Å². The van der Waals surface area contributed by atoms with Crippen molar-refractivity contribution in [2.24, 2.45) is 11.7 Å². The van der Waals surface area contributed by atoms with Crippen LogP contribution in [0.3, 0.4) is 0 Å². The first-order valence-corrected chi connectivity index (χ1v) is 4.99. The molecule has 1 saturated carbocycles. The Bertz CT molecular complexity index is 187. The van der Waals surface area contributed by atoms with Crippen molar-refractivity contribution in [2.75, 3.05) is 19.9 Å². The van der Waals surface area contributed by atoms with Crippen molar-refractivity contribution >= 4 is 0 Å². The van der Waals surface area contributed by atoms with Gasteiger partial charge < -0.3 is 15.2 Å². The van der Waals surface area contributed by atoms with Crippen LogP contribution in [-0.4, -0.2) is 32.2 Å². The first kappa shape index (κ1) is 12.7. The highest BCUT2D eigenvalue weighted by Gasteiger charge is 2.29. The Morgan fingerprint density at radius 1 is 1.27 bits per heavy atom. The van der Waals surface area contributed by atoms with Crippen LogP contribution in [0.1, 0.15) is 19.3 Å². The van der Waals surface area contributed by atoms with Crippen molar-refractivity contribution in [2.45, 2.75) is 31.5 Å². The molecule has 3 nitrogen and oxygen atoms in total. The Morgan fingerprint density at radius 3 is 2.60 bits per heavy atom. The molecule has 1 fully saturated rings. The average molecular weight is 227 g/mol. The van der Waals surface area contributed by atoms with Crippen molar-refractivity contribution < 1.29 is 22.6 Å². The normalized spacial score (nSPS) is 27.2. The fourth-order valence-corrected chi connectivity index (χ4v) is 1.78. The van der Waals surface area contributed by atoms with Gasteiger partial charge >= 0.3 is 6.18 Å². The largest absolute Gasteiger partial charge is 0.411 e. The summed E-state index contributed by atoms with van der Waals surface area (Å²) in [6.07, 6.45) is -1.46. The van der Waals surface area contributed by atoms with Gasteiger partial charge in [-0.15, -0.1) is 0 Å². The van der Waals surface area contributed by atoms with E-state index in [0.717, 1.165) is 19.3 Å². The molecule has 0 amide bonds. The van der Waals surface area contributed by atoms with Crippen molar-refractivity contribution in [1.82, 2.24) is 0 Å². The van der Waals surface area contributed by atoms with Crippen LogP contribution < -0.4 is 5.73 Å². The van der Waals surface area contributed by atoms with Crippen molar-refractivity contribution in [3.8, 4) is 0 Å². The number of halogens is 3. The SMILES string of the molecule is NCC1CCCC1OCOCC(F)(F)F. The molecule has 0 bridgehead atoms. The summed E-state index contributed by atoms with van der Waals surface area (Å²) < 4.78 is 44.7. The molecular formula is C9H16F3NO2. The van der Waals surface area contributed by atoms with Gasteiger partial charge in [-0.25, -0.2) is 0 Å². The monoisotopic (exact) mass is 227 g/mol. The van der Waals surface area contributed by atoms with Gasteiger partial charge in [0.05, 0.1) is 6.10 Å². The number of alkyl halides is 3. The number of hydrogen-bond donors (Lipinski definition) is 1. The van der Waals surface area contributed by atoms with E-state index in [9.17, 15) is 13.2 Å². The predicted octanol–water partition coefficient (Wildman–Crippen LogP) is 1.67.